The Bertz CT molecular complexity index is 562. The van der Waals surface area contributed by atoms with Gasteiger partial charge in [0.05, 0.1) is 0 Å². The van der Waals surface area contributed by atoms with Crippen LogP contribution in [-0.2, 0) is 6.42 Å². The molecule has 0 bridgehead atoms. The first-order valence-corrected chi connectivity index (χ1v) is 6.90. The van der Waals surface area contributed by atoms with Gasteiger partial charge < -0.3 is 0 Å². The summed E-state index contributed by atoms with van der Waals surface area (Å²) in [4.78, 5) is 0. The van der Waals surface area contributed by atoms with Crippen molar-refractivity contribution in [2.24, 2.45) is 0 Å². The van der Waals surface area contributed by atoms with Gasteiger partial charge in [-0.25, -0.2) is 4.39 Å². The summed E-state index contributed by atoms with van der Waals surface area (Å²) >= 11 is 0. The summed E-state index contributed by atoms with van der Waals surface area (Å²) in [5, 5.41) is 0. The first-order chi connectivity index (χ1) is 9.79. The average Bonchev–Trinajstić information content (AvgIpc) is 2.49. The molecule has 0 aliphatic heterocycles. The molecule has 20 heavy (non-hydrogen) atoms. The van der Waals surface area contributed by atoms with E-state index in [1.54, 1.807) is 0 Å². The van der Waals surface area contributed by atoms with Crippen LogP contribution in [0.3, 0.4) is 0 Å². The third-order valence-corrected chi connectivity index (χ3v) is 3.20. The molecule has 0 spiro atoms. The Morgan fingerprint density at radius 1 is 0.850 bits per heavy atom. The molecular weight excluding hydrogens is 247 g/mol. The molecule has 0 saturated carbocycles. The van der Waals surface area contributed by atoms with Crippen molar-refractivity contribution in [3.05, 3.63) is 84.7 Å². The minimum absolute atomic E-state index is 0.198. The maximum absolute atomic E-state index is 12.9. The molecule has 0 amide bonds. The van der Waals surface area contributed by atoms with Gasteiger partial charge in [-0.15, -0.1) is 6.58 Å². The zero-order valence-corrected chi connectivity index (χ0v) is 11.6. The number of halogens is 1. The quantitative estimate of drug-likeness (QED) is 0.601. The van der Waals surface area contributed by atoms with Crippen molar-refractivity contribution in [1.29, 1.82) is 0 Å². The molecule has 0 heterocycles. The van der Waals surface area contributed by atoms with E-state index in [-0.39, 0.29) is 5.82 Å². The summed E-state index contributed by atoms with van der Waals surface area (Å²) in [7, 11) is 0. The minimum Gasteiger partial charge on any atom is -0.207 e. The first kappa shape index (κ1) is 14.3. The fourth-order valence-corrected chi connectivity index (χ4v) is 2.07. The largest absolute Gasteiger partial charge is 0.207 e. The van der Waals surface area contributed by atoms with Crippen LogP contribution in [0.2, 0.25) is 0 Å². The molecule has 0 fully saturated rings. The van der Waals surface area contributed by atoms with Crippen LogP contribution in [0, 0.1) is 5.82 Å². The monoisotopic (exact) mass is 266 g/mol. The van der Waals surface area contributed by atoms with E-state index in [0.29, 0.717) is 0 Å². The Balaban J connectivity index is 1.96. The third kappa shape index (κ3) is 4.20. The van der Waals surface area contributed by atoms with Crippen molar-refractivity contribution in [2.45, 2.75) is 19.3 Å². The third-order valence-electron chi connectivity index (χ3n) is 3.20. The molecule has 102 valence electrons. The molecule has 1 heteroatoms. The Kier molecular flexibility index (Phi) is 5.31. The predicted molar refractivity (Wildman–Crippen MR) is 84.1 cm³/mol. The average molecular weight is 266 g/mol. The van der Waals surface area contributed by atoms with Gasteiger partial charge in [0.15, 0.2) is 0 Å². The zero-order chi connectivity index (χ0) is 14.2. The maximum Gasteiger partial charge on any atom is 0.123 e. The minimum atomic E-state index is -0.198. The zero-order valence-electron chi connectivity index (χ0n) is 11.6. The van der Waals surface area contributed by atoms with Crippen LogP contribution >= 0.6 is 0 Å². The van der Waals surface area contributed by atoms with Crippen LogP contribution in [-0.4, -0.2) is 0 Å². The van der Waals surface area contributed by atoms with Crippen molar-refractivity contribution in [3.8, 4) is 11.1 Å². The number of hydrogen-bond acceptors (Lipinski definition) is 0. The molecule has 2 rings (SSSR count). The van der Waals surface area contributed by atoms with E-state index in [0.717, 1.165) is 30.4 Å². The smallest absolute Gasteiger partial charge is 0.123 e. The van der Waals surface area contributed by atoms with Gasteiger partial charge in [0.1, 0.15) is 5.82 Å². The molecule has 0 saturated heterocycles. The van der Waals surface area contributed by atoms with Crippen molar-refractivity contribution in [1.82, 2.24) is 0 Å². The van der Waals surface area contributed by atoms with Crippen LogP contribution in [0.1, 0.15) is 18.4 Å². The molecule has 0 N–H and O–H groups in total. The number of allylic oxidation sites excluding steroid dienone is 3. The Morgan fingerprint density at radius 3 is 2.05 bits per heavy atom. The van der Waals surface area contributed by atoms with Crippen molar-refractivity contribution in [3.63, 3.8) is 0 Å². The molecule has 0 radical (unpaired) electrons. The summed E-state index contributed by atoms with van der Waals surface area (Å²) in [5.74, 6) is -0.198. The molecule has 0 nitrogen and oxygen atoms in total. The standard InChI is InChI=1S/C19H19F/c1-2-3-4-5-6-7-16-8-10-17(11-9-16)18-12-14-19(20)15-13-18/h2,4-5,8-15H,1,3,6-7H2. The summed E-state index contributed by atoms with van der Waals surface area (Å²) in [6.07, 6.45) is 9.24. The molecule has 0 atom stereocenters. The van der Waals surface area contributed by atoms with E-state index in [1.807, 2.05) is 18.2 Å². The Labute approximate surface area is 120 Å². The lowest BCUT2D eigenvalue weighted by Gasteiger charge is -2.04. The maximum atomic E-state index is 12.9. The SMILES string of the molecule is C=CCC=CCCc1ccc(-c2ccc(F)cc2)cc1. The van der Waals surface area contributed by atoms with Gasteiger partial charge >= 0.3 is 0 Å². The number of benzene rings is 2. The van der Waals surface area contributed by atoms with Crippen molar-refractivity contribution >= 4 is 0 Å². The second-order valence-electron chi connectivity index (χ2n) is 4.74. The van der Waals surface area contributed by atoms with Gasteiger partial charge in [-0.05, 0) is 48.1 Å². The van der Waals surface area contributed by atoms with Crippen LogP contribution in [0.15, 0.2) is 73.3 Å². The lowest BCUT2D eigenvalue weighted by atomic mass is 10.0. The predicted octanol–water partition coefficient (Wildman–Crippen LogP) is 5.56. The van der Waals surface area contributed by atoms with Crippen LogP contribution in [0.5, 0.6) is 0 Å². The van der Waals surface area contributed by atoms with Gasteiger partial charge in [-0.2, -0.15) is 0 Å². The normalized spacial score (nSPS) is 10.8. The van der Waals surface area contributed by atoms with E-state index in [1.165, 1.54) is 17.7 Å². The van der Waals surface area contributed by atoms with E-state index in [4.69, 9.17) is 0 Å². The molecule has 2 aromatic rings. The van der Waals surface area contributed by atoms with Crippen LogP contribution in [0.25, 0.3) is 11.1 Å². The summed E-state index contributed by atoms with van der Waals surface area (Å²) in [6.45, 7) is 3.69. The summed E-state index contributed by atoms with van der Waals surface area (Å²) in [6, 6.07) is 15.1. The topological polar surface area (TPSA) is 0 Å². The molecular formula is C19H19F. The van der Waals surface area contributed by atoms with Crippen LogP contribution < -0.4 is 0 Å². The number of hydrogen-bond donors (Lipinski definition) is 0. The van der Waals surface area contributed by atoms with E-state index >= 15 is 0 Å². The van der Waals surface area contributed by atoms with Crippen molar-refractivity contribution in [2.75, 3.05) is 0 Å². The number of aryl methyl sites for hydroxylation is 1. The molecule has 0 aliphatic rings. The molecule has 0 unspecified atom stereocenters. The molecule has 0 aromatic heterocycles. The van der Waals surface area contributed by atoms with E-state index < -0.39 is 0 Å². The molecule has 0 aliphatic carbocycles. The fraction of sp³-hybridized carbons (Fsp3) is 0.158. The Morgan fingerprint density at radius 2 is 1.45 bits per heavy atom. The van der Waals surface area contributed by atoms with Crippen LogP contribution in [0.4, 0.5) is 4.39 Å². The lowest BCUT2D eigenvalue weighted by Crippen LogP contribution is -1.84. The second-order valence-corrected chi connectivity index (χ2v) is 4.74. The van der Waals surface area contributed by atoms with Gasteiger partial charge in [-0.1, -0.05) is 54.6 Å². The highest BCUT2D eigenvalue weighted by Gasteiger charge is 1.98. The number of rotatable bonds is 6. The van der Waals surface area contributed by atoms with E-state index in [9.17, 15) is 4.39 Å². The van der Waals surface area contributed by atoms with Gasteiger partial charge in [0.2, 0.25) is 0 Å². The van der Waals surface area contributed by atoms with Crippen molar-refractivity contribution < 1.29 is 4.39 Å². The van der Waals surface area contributed by atoms with Gasteiger partial charge in [0, 0.05) is 0 Å². The highest BCUT2D eigenvalue weighted by atomic mass is 19.1. The first-order valence-electron chi connectivity index (χ1n) is 6.90. The molecule has 2 aromatic carbocycles. The summed E-state index contributed by atoms with van der Waals surface area (Å²) in [5.41, 5.74) is 3.49. The lowest BCUT2D eigenvalue weighted by molar-refractivity contribution is 0.628. The Hall–Kier alpha value is -2.15. The van der Waals surface area contributed by atoms with Gasteiger partial charge in [-0.3, -0.25) is 0 Å². The summed E-state index contributed by atoms with van der Waals surface area (Å²) < 4.78 is 12.9. The highest BCUT2D eigenvalue weighted by Crippen LogP contribution is 2.20. The van der Waals surface area contributed by atoms with Gasteiger partial charge in [0.25, 0.3) is 0 Å². The fourth-order valence-electron chi connectivity index (χ4n) is 2.07. The highest BCUT2D eigenvalue weighted by molar-refractivity contribution is 5.63. The van der Waals surface area contributed by atoms with E-state index in [2.05, 4.69) is 43.0 Å². The second kappa shape index (κ2) is 7.44.